The Morgan fingerprint density at radius 2 is 1.12 bits per heavy atom. The molecule has 0 aromatic heterocycles. The molecule has 1 rings (SSSR count). The molecule has 186 valence electrons. The smallest absolute Gasteiger partial charge is 0.374 e. The zero-order valence-electron chi connectivity index (χ0n) is 16.5. The molecule has 0 saturated heterocycles. The molecule has 0 aliphatic carbocycles. The Morgan fingerprint density at radius 3 is 1.53 bits per heavy atom. The lowest BCUT2D eigenvalue weighted by Gasteiger charge is -2.42. The van der Waals surface area contributed by atoms with E-state index in [0.717, 1.165) is 6.07 Å². The van der Waals surface area contributed by atoms with Crippen molar-refractivity contribution in [2.24, 2.45) is 0 Å². The van der Waals surface area contributed by atoms with E-state index in [1.807, 2.05) is 0 Å². The SMILES string of the molecule is CCc1ccccc1C(C)(CC(F)(F)C(F)(F)C(F)(F)C(F)(F)C(F)(F)C(F)(F)F)OC. The normalized spacial score (nSPS) is 16.8. The number of ether oxygens (including phenoxy) is 1. The summed E-state index contributed by atoms with van der Waals surface area (Å²) in [5, 5.41) is 0. The maximum Gasteiger partial charge on any atom is 0.460 e. The molecule has 1 atom stereocenters. The Balaban J connectivity index is 3.56. The van der Waals surface area contributed by atoms with Crippen LogP contribution in [0.4, 0.5) is 57.1 Å². The predicted octanol–water partition coefficient (Wildman–Crippen LogP) is 7.24. The topological polar surface area (TPSA) is 9.23 Å². The third-order valence-corrected chi connectivity index (χ3v) is 4.98. The van der Waals surface area contributed by atoms with E-state index in [1.54, 1.807) is 0 Å². The average Bonchev–Trinajstić information content (AvgIpc) is 2.65. The first-order valence-corrected chi connectivity index (χ1v) is 8.66. The van der Waals surface area contributed by atoms with Crippen LogP contribution in [0.1, 0.15) is 31.4 Å². The van der Waals surface area contributed by atoms with Crippen LogP contribution in [0.5, 0.6) is 0 Å². The average molecular weight is 496 g/mol. The molecule has 0 aliphatic rings. The van der Waals surface area contributed by atoms with Crippen molar-refractivity contribution >= 4 is 0 Å². The van der Waals surface area contributed by atoms with Gasteiger partial charge in [-0.05, 0) is 24.5 Å². The predicted molar refractivity (Wildman–Crippen MR) is 85.6 cm³/mol. The third kappa shape index (κ3) is 4.14. The van der Waals surface area contributed by atoms with Gasteiger partial charge < -0.3 is 4.74 Å². The molecule has 0 amide bonds. The molecule has 1 nitrogen and oxygen atoms in total. The minimum atomic E-state index is -7.92. The van der Waals surface area contributed by atoms with E-state index in [4.69, 9.17) is 4.74 Å². The number of hydrogen-bond donors (Lipinski definition) is 0. The van der Waals surface area contributed by atoms with E-state index < -0.39 is 47.8 Å². The standard InChI is InChI=1S/C18H17F13O/c1-4-10-7-5-6-8-11(10)12(2,32-3)9-13(19,20)14(21,22)15(23,24)16(25,26)17(27,28)18(29,30)31/h5-8H,4,9H2,1-3H3. The first kappa shape index (κ1) is 28.3. The van der Waals surface area contributed by atoms with Gasteiger partial charge in [-0.25, -0.2) is 0 Å². The quantitative estimate of drug-likeness (QED) is 0.328. The second-order valence-corrected chi connectivity index (χ2v) is 7.12. The highest BCUT2D eigenvalue weighted by molar-refractivity contribution is 5.33. The second-order valence-electron chi connectivity index (χ2n) is 7.12. The van der Waals surface area contributed by atoms with Gasteiger partial charge in [0.2, 0.25) is 0 Å². The van der Waals surface area contributed by atoms with Crippen LogP contribution in [-0.2, 0) is 16.8 Å². The summed E-state index contributed by atoms with van der Waals surface area (Å²) in [5.74, 6) is -37.1. The van der Waals surface area contributed by atoms with Crippen LogP contribution in [0.25, 0.3) is 0 Å². The summed E-state index contributed by atoms with van der Waals surface area (Å²) < 4.78 is 178. The van der Waals surface area contributed by atoms with E-state index in [2.05, 4.69) is 0 Å². The lowest BCUT2D eigenvalue weighted by atomic mass is 9.82. The zero-order chi connectivity index (χ0) is 25.6. The highest BCUT2D eigenvalue weighted by Gasteiger charge is 2.90. The Kier molecular flexibility index (Phi) is 7.29. The summed E-state index contributed by atoms with van der Waals surface area (Å²) in [5.41, 5.74) is -2.58. The van der Waals surface area contributed by atoms with Gasteiger partial charge in [0.1, 0.15) is 0 Å². The van der Waals surface area contributed by atoms with Gasteiger partial charge in [-0.15, -0.1) is 0 Å². The van der Waals surface area contributed by atoms with Crippen LogP contribution in [0.15, 0.2) is 24.3 Å². The first-order valence-electron chi connectivity index (χ1n) is 8.66. The van der Waals surface area contributed by atoms with Crippen LogP contribution < -0.4 is 0 Å². The fourth-order valence-corrected chi connectivity index (χ4v) is 2.96. The van der Waals surface area contributed by atoms with Gasteiger partial charge in [0, 0.05) is 7.11 Å². The largest absolute Gasteiger partial charge is 0.460 e. The van der Waals surface area contributed by atoms with Crippen molar-refractivity contribution in [3.05, 3.63) is 35.4 Å². The molecule has 0 saturated carbocycles. The second kappa shape index (κ2) is 8.24. The summed E-state index contributed by atoms with van der Waals surface area (Å²) in [6, 6.07) is 5.05. The van der Waals surface area contributed by atoms with Crippen molar-refractivity contribution < 1.29 is 61.8 Å². The first-order chi connectivity index (χ1) is 14.1. The van der Waals surface area contributed by atoms with E-state index in [1.165, 1.54) is 25.1 Å². The van der Waals surface area contributed by atoms with Crippen LogP contribution in [0.2, 0.25) is 0 Å². The summed E-state index contributed by atoms with van der Waals surface area (Å²) in [6.45, 7) is 2.21. The van der Waals surface area contributed by atoms with Crippen LogP contribution in [-0.4, -0.2) is 42.9 Å². The molecule has 0 N–H and O–H groups in total. The fraction of sp³-hybridized carbons (Fsp3) is 0.667. The van der Waals surface area contributed by atoms with Crippen molar-refractivity contribution in [3.8, 4) is 0 Å². The summed E-state index contributed by atoms with van der Waals surface area (Å²) in [4.78, 5) is 0. The number of hydrogen-bond acceptors (Lipinski definition) is 1. The molecule has 1 aromatic carbocycles. The monoisotopic (exact) mass is 496 g/mol. The van der Waals surface area contributed by atoms with Crippen LogP contribution in [0, 0.1) is 0 Å². The van der Waals surface area contributed by atoms with E-state index in [9.17, 15) is 57.1 Å². The Hall–Kier alpha value is -1.73. The molecular formula is C18H17F13O. The van der Waals surface area contributed by atoms with Gasteiger partial charge in [0.25, 0.3) is 0 Å². The highest BCUT2D eigenvalue weighted by Crippen LogP contribution is 2.61. The molecule has 32 heavy (non-hydrogen) atoms. The third-order valence-electron chi connectivity index (χ3n) is 4.98. The van der Waals surface area contributed by atoms with Crippen molar-refractivity contribution in [3.63, 3.8) is 0 Å². The van der Waals surface area contributed by atoms with Gasteiger partial charge >= 0.3 is 35.8 Å². The molecule has 0 fully saturated rings. The molecular weight excluding hydrogens is 479 g/mol. The van der Waals surface area contributed by atoms with Crippen LogP contribution >= 0.6 is 0 Å². The number of rotatable bonds is 9. The molecule has 0 aliphatic heterocycles. The van der Waals surface area contributed by atoms with Gasteiger partial charge in [-0.2, -0.15) is 57.1 Å². The van der Waals surface area contributed by atoms with Crippen molar-refractivity contribution in [1.29, 1.82) is 0 Å². The number of methoxy groups -OCH3 is 1. The highest BCUT2D eigenvalue weighted by atomic mass is 19.4. The molecule has 0 heterocycles. The van der Waals surface area contributed by atoms with Crippen molar-refractivity contribution in [2.75, 3.05) is 7.11 Å². The summed E-state index contributed by atoms with van der Waals surface area (Å²) >= 11 is 0. The summed E-state index contributed by atoms with van der Waals surface area (Å²) in [7, 11) is 0.700. The van der Waals surface area contributed by atoms with E-state index in [0.29, 0.717) is 14.0 Å². The molecule has 1 aromatic rings. The minimum Gasteiger partial charge on any atom is -0.374 e. The lowest BCUT2D eigenvalue weighted by molar-refractivity contribution is -0.441. The van der Waals surface area contributed by atoms with Gasteiger partial charge in [-0.1, -0.05) is 31.2 Å². The number of aryl methyl sites for hydroxylation is 1. The van der Waals surface area contributed by atoms with Crippen LogP contribution in [0.3, 0.4) is 0 Å². The van der Waals surface area contributed by atoms with Gasteiger partial charge in [-0.3, -0.25) is 0 Å². The maximum atomic E-state index is 14.3. The number of alkyl halides is 13. The van der Waals surface area contributed by atoms with Gasteiger partial charge in [0.05, 0.1) is 12.0 Å². The Bertz CT molecular complexity index is 800. The number of benzene rings is 1. The molecule has 1 unspecified atom stereocenters. The van der Waals surface area contributed by atoms with Crippen molar-refractivity contribution in [1.82, 2.24) is 0 Å². The van der Waals surface area contributed by atoms with Crippen molar-refractivity contribution in [2.45, 2.75) is 68.1 Å². The molecule has 14 heteroatoms. The maximum absolute atomic E-state index is 14.3. The van der Waals surface area contributed by atoms with E-state index in [-0.39, 0.29) is 17.5 Å². The zero-order valence-corrected chi connectivity index (χ0v) is 16.5. The lowest BCUT2D eigenvalue weighted by Crippen LogP contribution is -2.70. The molecule has 0 bridgehead atoms. The minimum absolute atomic E-state index is 0.100. The van der Waals surface area contributed by atoms with E-state index >= 15 is 0 Å². The van der Waals surface area contributed by atoms with Gasteiger partial charge in [0.15, 0.2) is 0 Å². The Labute approximate surface area is 173 Å². The number of halogens is 13. The fourth-order valence-electron chi connectivity index (χ4n) is 2.96. The Morgan fingerprint density at radius 1 is 0.688 bits per heavy atom. The molecule has 0 radical (unpaired) electrons. The summed E-state index contributed by atoms with van der Waals surface area (Å²) in [6.07, 6.45) is -9.79. The molecule has 0 spiro atoms.